The molecule has 4 rings (SSSR count). The number of aromatic nitrogens is 3. The summed E-state index contributed by atoms with van der Waals surface area (Å²) >= 11 is 0. The number of aromatic carboxylic acids is 1. The zero-order valence-electron chi connectivity index (χ0n) is 15.3. The Morgan fingerprint density at radius 3 is 2.54 bits per heavy atom. The summed E-state index contributed by atoms with van der Waals surface area (Å²) < 4.78 is 6.17. The number of ether oxygens (including phenoxy) is 1. The Morgan fingerprint density at radius 1 is 1.07 bits per heavy atom. The first-order valence-electron chi connectivity index (χ1n) is 9.33. The van der Waals surface area contributed by atoms with E-state index in [1.165, 1.54) is 6.20 Å². The van der Waals surface area contributed by atoms with Crippen molar-refractivity contribution in [1.29, 1.82) is 0 Å². The van der Waals surface area contributed by atoms with Gasteiger partial charge in [0.05, 0.1) is 18.9 Å². The van der Waals surface area contributed by atoms with Crippen LogP contribution in [0, 0.1) is 0 Å². The third kappa shape index (κ3) is 3.73. The molecule has 1 N–H and O–H groups in total. The molecule has 2 aliphatic rings. The molecule has 1 atom stereocenters. The van der Waals surface area contributed by atoms with E-state index in [2.05, 4.69) is 19.9 Å². The fourth-order valence-electron chi connectivity index (χ4n) is 3.54. The van der Waals surface area contributed by atoms with Crippen LogP contribution in [0.1, 0.15) is 40.2 Å². The molecule has 0 aromatic carbocycles. The number of likely N-dealkylation sites (tertiary alicyclic amines) is 1. The van der Waals surface area contributed by atoms with Gasteiger partial charge in [-0.05, 0) is 25.0 Å². The minimum atomic E-state index is -1.17. The van der Waals surface area contributed by atoms with E-state index in [-0.39, 0.29) is 23.4 Å². The van der Waals surface area contributed by atoms with Crippen molar-refractivity contribution in [3.8, 4) is 5.75 Å². The summed E-state index contributed by atoms with van der Waals surface area (Å²) in [6.45, 7) is 2.95. The molecule has 2 aliphatic heterocycles. The maximum absolute atomic E-state index is 12.6. The molecular formula is C19H21N5O4. The summed E-state index contributed by atoms with van der Waals surface area (Å²) in [5, 5.41) is 8.88. The fourth-order valence-corrected chi connectivity index (χ4v) is 3.54. The Labute approximate surface area is 162 Å². The monoisotopic (exact) mass is 383 g/mol. The average Bonchev–Trinajstić information content (AvgIpc) is 3.40. The Kier molecular flexibility index (Phi) is 5.05. The first kappa shape index (κ1) is 18.1. The molecule has 2 saturated heterocycles. The summed E-state index contributed by atoms with van der Waals surface area (Å²) in [7, 11) is 0. The first-order valence-corrected chi connectivity index (χ1v) is 9.33. The normalized spacial score (nSPS) is 19.1. The molecule has 2 aromatic rings. The standard InChI is InChI=1S/C19H21N5O4/c25-18(14-10-22-15(11-21-14)19(26)27)24-9-5-13(12-24)28-16-4-3-6-20-17(16)23-7-1-2-8-23/h3-4,6,10-11,13H,1-2,5,7-9,12H2,(H,26,27). The van der Waals surface area contributed by atoms with Gasteiger partial charge < -0.3 is 19.6 Å². The number of carboxylic acids is 1. The van der Waals surface area contributed by atoms with Gasteiger partial charge >= 0.3 is 5.97 Å². The van der Waals surface area contributed by atoms with Crippen LogP contribution >= 0.6 is 0 Å². The van der Waals surface area contributed by atoms with Gasteiger partial charge in [-0.25, -0.2) is 19.7 Å². The first-order chi connectivity index (χ1) is 13.6. The van der Waals surface area contributed by atoms with Crippen LogP contribution < -0.4 is 9.64 Å². The van der Waals surface area contributed by atoms with Crippen molar-refractivity contribution in [2.45, 2.75) is 25.4 Å². The minimum Gasteiger partial charge on any atom is -0.485 e. The molecular weight excluding hydrogens is 362 g/mol. The van der Waals surface area contributed by atoms with E-state index >= 15 is 0 Å². The van der Waals surface area contributed by atoms with Gasteiger partial charge in [-0.2, -0.15) is 0 Å². The van der Waals surface area contributed by atoms with E-state index in [1.807, 2.05) is 12.1 Å². The van der Waals surface area contributed by atoms with Crippen molar-refractivity contribution in [3.63, 3.8) is 0 Å². The average molecular weight is 383 g/mol. The van der Waals surface area contributed by atoms with Crippen molar-refractivity contribution < 1.29 is 19.4 Å². The highest BCUT2D eigenvalue weighted by Gasteiger charge is 2.30. The van der Waals surface area contributed by atoms with Gasteiger partial charge in [-0.3, -0.25) is 4.79 Å². The summed E-state index contributed by atoms with van der Waals surface area (Å²) in [5.74, 6) is 0.155. The third-order valence-electron chi connectivity index (χ3n) is 4.97. The molecule has 0 spiro atoms. The van der Waals surface area contributed by atoms with Crippen molar-refractivity contribution in [1.82, 2.24) is 19.9 Å². The summed E-state index contributed by atoms with van der Waals surface area (Å²) in [5.41, 5.74) is -0.0602. The lowest BCUT2D eigenvalue weighted by molar-refractivity contribution is 0.0686. The number of carbonyl (C=O) groups excluding carboxylic acids is 1. The van der Waals surface area contributed by atoms with Crippen LogP contribution in [0.4, 0.5) is 5.82 Å². The number of hydrogen-bond donors (Lipinski definition) is 1. The molecule has 1 unspecified atom stereocenters. The maximum Gasteiger partial charge on any atom is 0.356 e. The van der Waals surface area contributed by atoms with Gasteiger partial charge in [0.1, 0.15) is 11.8 Å². The van der Waals surface area contributed by atoms with Crippen LogP contribution in [-0.2, 0) is 0 Å². The molecule has 0 saturated carbocycles. The smallest absolute Gasteiger partial charge is 0.356 e. The van der Waals surface area contributed by atoms with E-state index in [9.17, 15) is 9.59 Å². The van der Waals surface area contributed by atoms with Crippen LogP contribution in [0.3, 0.4) is 0 Å². The second-order valence-corrected chi connectivity index (χ2v) is 6.89. The highest BCUT2D eigenvalue weighted by atomic mass is 16.5. The van der Waals surface area contributed by atoms with Crippen LogP contribution in [0.25, 0.3) is 0 Å². The van der Waals surface area contributed by atoms with Crippen LogP contribution in [0.5, 0.6) is 5.75 Å². The lowest BCUT2D eigenvalue weighted by Gasteiger charge is -2.22. The predicted octanol–water partition coefficient (Wildman–Crippen LogP) is 1.46. The molecule has 146 valence electrons. The molecule has 9 heteroatoms. The lowest BCUT2D eigenvalue weighted by Crippen LogP contribution is -2.32. The Hall–Kier alpha value is -3.23. The Balaban J connectivity index is 1.40. The number of anilines is 1. The number of rotatable bonds is 5. The second-order valence-electron chi connectivity index (χ2n) is 6.89. The number of carbonyl (C=O) groups is 2. The van der Waals surface area contributed by atoms with E-state index in [0.29, 0.717) is 19.5 Å². The number of carboxylic acid groups (broad SMARTS) is 1. The third-order valence-corrected chi connectivity index (χ3v) is 4.97. The quantitative estimate of drug-likeness (QED) is 0.827. The largest absolute Gasteiger partial charge is 0.485 e. The molecule has 28 heavy (non-hydrogen) atoms. The summed E-state index contributed by atoms with van der Waals surface area (Å²) in [6.07, 6.45) is 6.96. The molecule has 0 radical (unpaired) electrons. The number of amides is 1. The SMILES string of the molecule is O=C(O)c1cnc(C(=O)N2CCC(Oc3cccnc3N3CCCC3)C2)cn1. The summed E-state index contributed by atoms with van der Waals surface area (Å²) in [6, 6.07) is 3.77. The van der Waals surface area contributed by atoms with Crippen molar-refractivity contribution >= 4 is 17.7 Å². The Morgan fingerprint density at radius 2 is 1.82 bits per heavy atom. The van der Waals surface area contributed by atoms with Crippen molar-refractivity contribution in [3.05, 3.63) is 42.1 Å². The maximum atomic E-state index is 12.6. The van der Waals surface area contributed by atoms with Crippen LogP contribution in [0.15, 0.2) is 30.7 Å². The van der Waals surface area contributed by atoms with Crippen LogP contribution in [0.2, 0.25) is 0 Å². The molecule has 1 amide bonds. The topological polar surface area (TPSA) is 109 Å². The lowest BCUT2D eigenvalue weighted by atomic mass is 10.3. The highest BCUT2D eigenvalue weighted by Crippen LogP contribution is 2.30. The van der Waals surface area contributed by atoms with E-state index in [4.69, 9.17) is 9.84 Å². The predicted molar refractivity (Wildman–Crippen MR) is 99.6 cm³/mol. The molecule has 9 nitrogen and oxygen atoms in total. The number of hydrogen-bond acceptors (Lipinski definition) is 7. The van der Waals surface area contributed by atoms with E-state index in [0.717, 1.165) is 43.7 Å². The fraction of sp³-hybridized carbons (Fsp3) is 0.421. The Bertz CT molecular complexity index is 867. The van der Waals surface area contributed by atoms with Gasteiger partial charge in [-0.1, -0.05) is 0 Å². The van der Waals surface area contributed by atoms with Crippen molar-refractivity contribution in [2.24, 2.45) is 0 Å². The van der Waals surface area contributed by atoms with Gasteiger partial charge in [-0.15, -0.1) is 0 Å². The van der Waals surface area contributed by atoms with E-state index < -0.39 is 5.97 Å². The highest BCUT2D eigenvalue weighted by molar-refractivity contribution is 5.93. The van der Waals surface area contributed by atoms with Gasteiger partial charge in [0, 0.05) is 32.3 Å². The van der Waals surface area contributed by atoms with E-state index in [1.54, 1.807) is 11.1 Å². The van der Waals surface area contributed by atoms with Gasteiger partial charge in [0.25, 0.3) is 5.91 Å². The molecule has 0 bridgehead atoms. The molecule has 2 fully saturated rings. The number of nitrogens with zero attached hydrogens (tertiary/aromatic N) is 5. The van der Waals surface area contributed by atoms with Gasteiger partial charge in [0.15, 0.2) is 17.3 Å². The summed E-state index contributed by atoms with van der Waals surface area (Å²) in [4.78, 5) is 39.5. The van der Waals surface area contributed by atoms with Gasteiger partial charge in [0.2, 0.25) is 0 Å². The second kappa shape index (κ2) is 7.79. The molecule has 0 aliphatic carbocycles. The van der Waals surface area contributed by atoms with Crippen molar-refractivity contribution in [2.75, 3.05) is 31.1 Å². The minimum absolute atomic E-state index is 0.124. The number of pyridine rings is 1. The zero-order valence-corrected chi connectivity index (χ0v) is 15.3. The molecule has 4 heterocycles. The zero-order chi connectivity index (χ0) is 19.5. The van der Waals surface area contributed by atoms with Crippen LogP contribution in [-0.4, -0.2) is 69.1 Å². The molecule has 2 aromatic heterocycles.